The maximum Gasteiger partial charge on any atom is 0.206 e. The number of aromatic amines is 1. The first-order chi connectivity index (χ1) is 13.1. The van der Waals surface area contributed by atoms with E-state index in [-0.39, 0.29) is 6.04 Å². The van der Waals surface area contributed by atoms with Gasteiger partial charge in [-0.25, -0.2) is 0 Å². The summed E-state index contributed by atoms with van der Waals surface area (Å²) in [5.74, 6) is 0. The monoisotopic (exact) mass is 442 g/mol. The minimum atomic E-state index is -0.0130. The molecule has 0 bridgehead atoms. The number of hydrogen-bond donors (Lipinski definition) is 3. The van der Waals surface area contributed by atoms with Gasteiger partial charge >= 0.3 is 0 Å². The quantitative estimate of drug-likeness (QED) is 0.417. The van der Waals surface area contributed by atoms with Crippen LogP contribution in [0, 0.1) is 6.92 Å². The molecule has 4 aromatic rings. The first-order valence-electron chi connectivity index (χ1n) is 8.61. The smallest absolute Gasteiger partial charge is 0.206 e. The van der Waals surface area contributed by atoms with Crippen LogP contribution in [0.15, 0.2) is 46.9 Å². The molecule has 0 unspecified atom stereocenters. The molecule has 0 radical (unpaired) electrons. The van der Waals surface area contributed by atoms with E-state index in [0.29, 0.717) is 6.54 Å². The zero-order valence-electron chi connectivity index (χ0n) is 14.7. The molecule has 0 amide bonds. The van der Waals surface area contributed by atoms with Crippen LogP contribution in [0.5, 0.6) is 0 Å². The van der Waals surface area contributed by atoms with Crippen LogP contribution in [0.1, 0.15) is 11.3 Å². The molecule has 2 aromatic heterocycles. The number of nitrogens with two attached hydrogens (primary N) is 1. The Hall–Kier alpha value is -2.29. The number of halogens is 1. The lowest BCUT2D eigenvalue weighted by Crippen LogP contribution is -2.31. The summed E-state index contributed by atoms with van der Waals surface area (Å²) in [5.41, 5.74) is 10.5. The Morgan fingerprint density at radius 3 is 2.93 bits per heavy atom. The van der Waals surface area contributed by atoms with Crippen molar-refractivity contribution >= 4 is 43.3 Å². The fourth-order valence-electron chi connectivity index (χ4n) is 2.92. The Bertz CT molecular complexity index is 1070. The van der Waals surface area contributed by atoms with Crippen LogP contribution in [0.25, 0.3) is 21.5 Å². The highest BCUT2D eigenvalue weighted by molar-refractivity contribution is 9.10. The number of nitrogens with one attached hydrogen (secondary N) is 2. The summed E-state index contributed by atoms with van der Waals surface area (Å²) in [5, 5.41) is 21.9. The van der Waals surface area contributed by atoms with E-state index in [1.54, 1.807) is 0 Å². The van der Waals surface area contributed by atoms with Gasteiger partial charge in [-0.05, 0) is 43.2 Å². The molecule has 0 spiro atoms. The van der Waals surface area contributed by atoms with Crippen molar-refractivity contribution in [2.24, 2.45) is 5.73 Å². The normalized spacial score (nSPS) is 12.4. The Labute approximate surface area is 169 Å². The van der Waals surface area contributed by atoms with Crippen LogP contribution in [0.4, 0.5) is 5.13 Å². The van der Waals surface area contributed by atoms with Gasteiger partial charge in [0.25, 0.3) is 0 Å². The van der Waals surface area contributed by atoms with Gasteiger partial charge in [-0.2, -0.15) is 5.10 Å². The highest BCUT2D eigenvalue weighted by Gasteiger charge is 2.11. The minimum absolute atomic E-state index is 0.0130. The highest BCUT2D eigenvalue weighted by Crippen LogP contribution is 2.29. The van der Waals surface area contributed by atoms with Gasteiger partial charge in [-0.1, -0.05) is 45.5 Å². The second-order valence-electron chi connectivity index (χ2n) is 6.43. The van der Waals surface area contributed by atoms with E-state index >= 15 is 0 Å². The third kappa shape index (κ3) is 4.02. The van der Waals surface area contributed by atoms with Gasteiger partial charge in [-0.3, -0.25) is 5.10 Å². The van der Waals surface area contributed by atoms with E-state index in [9.17, 15) is 0 Å². The molecule has 8 heteroatoms. The third-order valence-corrected chi connectivity index (χ3v) is 6.08. The zero-order valence-corrected chi connectivity index (χ0v) is 17.1. The number of nitrogens with zero attached hydrogens (tertiary/aromatic N) is 3. The van der Waals surface area contributed by atoms with E-state index in [1.807, 2.05) is 37.3 Å². The second kappa shape index (κ2) is 7.75. The average molecular weight is 443 g/mol. The summed E-state index contributed by atoms with van der Waals surface area (Å²) >= 11 is 5.09. The number of rotatable bonds is 6. The molecule has 0 fully saturated rings. The molecule has 4 rings (SSSR count). The van der Waals surface area contributed by atoms with Crippen molar-refractivity contribution in [3.05, 3.63) is 58.2 Å². The first kappa shape index (κ1) is 18.1. The fourth-order valence-corrected chi connectivity index (χ4v) is 4.11. The molecular weight excluding hydrogens is 424 g/mol. The van der Waals surface area contributed by atoms with Crippen molar-refractivity contribution < 1.29 is 0 Å². The van der Waals surface area contributed by atoms with Crippen molar-refractivity contribution in [1.29, 1.82) is 0 Å². The zero-order chi connectivity index (χ0) is 18.8. The van der Waals surface area contributed by atoms with Crippen LogP contribution >= 0.6 is 27.3 Å². The van der Waals surface area contributed by atoms with Crippen molar-refractivity contribution in [2.75, 3.05) is 11.9 Å². The molecular formula is C19H19BrN6S. The van der Waals surface area contributed by atoms with Gasteiger partial charge in [0.15, 0.2) is 0 Å². The van der Waals surface area contributed by atoms with Gasteiger partial charge in [0.1, 0.15) is 5.01 Å². The molecule has 4 N–H and O–H groups in total. The van der Waals surface area contributed by atoms with E-state index in [1.165, 1.54) is 16.9 Å². The molecule has 6 nitrogen and oxygen atoms in total. The molecule has 0 saturated heterocycles. The van der Waals surface area contributed by atoms with Gasteiger partial charge in [0.05, 0.1) is 5.52 Å². The Balaban J connectivity index is 1.41. The Morgan fingerprint density at radius 1 is 1.22 bits per heavy atom. The standard InChI is InChI=1S/C19H19BrN6S/c1-11-15-9-13(6-7-17(15)24-23-11)18-25-26-19(27-18)22-10-14(21)8-12-4-2-3-5-16(12)20/h2-7,9,14H,8,10,21H2,1H3,(H,22,26)(H,23,24)/t14-/m0/s1. The predicted molar refractivity (Wildman–Crippen MR) is 114 cm³/mol. The predicted octanol–water partition coefficient (Wildman–Crippen LogP) is 4.13. The molecule has 0 aliphatic carbocycles. The number of fused-ring (bicyclic) bond motifs is 1. The lowest BCUT2D eigenvalue weighted by molar-refractivity contribution is 0.696. The van der Waals surface area contributed by atoms with Crippen LogP contribution < -0.4 is 11.1 Å². The molecule has 0 aliphatic rings. The summed E-state index contributed by atoms with van der Waals surface area (Å²) in [6, 6.07) is 14.2. The molecule has 2 heterocycles. The SMILES string of the molecule is Cc1[nH]nc2ccc(-c3nnc(NC[C@@H](N)Cc4ccccc4Br)s3)cc12. The van der Waals surface area contributed by atoms with E-state index in [4.69, 9.17) is 5.73 Å². The van der Waals surface area contributed by atoms with E-state index in [0.717, 1.165) is 43.2 Å². The Morgan fingerprint density at radius 2 is 2.07 bits per heavy atom. The average Bonchev–Trinajstić information content (AvgIpc) is 3.29. The largest absolute Gasteiger partial charge is 0.359 e. The number of aryl methyl sites for hydroxylation is 1. The van der Waals surface area contributed by atoms with Gasteiger partial charge < -0.3 is 11.1 Å². The van der Waals surface area contributed by atoms with E-state index < -0.39 is 0 Å². The molecule has 138 valence electrons. The number of benzene rings is 2. The van der Waals surface area contributed by atoms with Crippen molar-refractivity contribution in [2.45, 2.75) is 19.4 Å². The number of anilines is 1. The minimum Gasteiger partial charge on any atom is -0.359 e. The lowest BCUT2D eigenvalue weighted by Gasteiger charge is -2.13. The second-order valence-corrected chi connectivity index (χ2v) is 8.26. The third-order valence-electron chi connectivity index (χ3n) is 4.37. The molecule has 2 aromatic carbocycles. The van der Waals surface area contributed by atoms with Crippen LogP contribution in [-0.4, -0.2) is 33.0 Å². The van der Waals surface area contributed by atoms with Gasteiger partial charge in [-0.15, -0.1) is 10.2 Å². The molecule has 0 aliphatic heterocycles. The highest BCUT2D eigenvalue weighted by atomic mass is 79.9. The maximum absolute atomic E-state index is 6.27. The fraction of sp³-hybridized carbons (Fsp3) is 0.211. The summed E-state index contributed by atoms with van der Waals surface area (Å²) in [6.07, 6.45) is 0.788. The van der Waals surface area contributed by atoms with Crippen molar-refractivity contribution in [3.63, 3.8) is 0 Å². The number of H-pyrrole nitrogens is 1. The molecule has 0 saturated carbocycles. The number of hydrogen-bond acceptors (Lipinski definition) is 6. The summed E-state index contributed by atoms with van der Waals surface area (Å²) in [6.45, 7) is 2.65. The number of aromatic nitrogens is 4. The topological polar surface area (TPSA) is 92.5 Å². The summed E-state index contributed by atoms with van der Waals surface area (Å²) in [7, 11) is 0. The van der Waals surface area contributed by atoms with Crippen molar-refractivity contribution in [3.8, 4) is 10.6 Å². The first-order valence-corrected chi connectivity index (χ1v) is 10.2. The van der Waals surface area contributed by atoms with Crippen molar-refractivity contribution in [1.82, 2.24) is 20.4 Å². The lowest BCUT2D eigenvalue weighted by atomic mass is 10.1. The van der Waals surface area contributed by atoms with Crippen LogP contribution in [0.2, 0.25) is 0 Å². The van der Waals surface area contributed by atoms with E-state index in [2.05, 4.69) is 53.8 Å². The Kier molecular flexibility index (Phi) is 5.20. The van der Waals surface area contributed by atoms with Crippen LogP contribution in [0.3, 0.4) is 0 Å². The molecule has 1 atom stereocenters. The summed E-state index contributed by atoms with van der Waals surface area (Å²) in [4.78, 5) is 0. The van der Waals surface area contributed by atoms with Gasteiger partial charge in [0.2, 0.25) is 5.13 Å². The van der Waals surface area contributed by atoms with Gasteiger partial charge in [0, 0.05) is 33.7 Å². The van der Waals surface area contributed by atoms with Crippen LogP contribution in [-0.2, 0) is 6.42 Å². The molecule has 27 heavy (non-hydrogen) atoms. The summed E-state index contributed by atoms with van der Waals surface area (Å²) < 4.78 is 1.09. The maximum atomic E-state index is 6.27.